The molecule has 214 valence electrons. The van der Waals surface area contributed by atoms with Gasteiger partial charge in [-0.1, -0.05) is 42.5 Å². The number of hydrogen-bond donors (Lipinski definition) is 1. The second-order valence-electron chi connectivity index (χ2n) is 9.79. The molecule has 0 radical (unpaired) electrons. The van der Waals surface area contributed by atoms with Crippen molar-refractivity contribution in [2.24, 2.45) is 0 Å². The lowest BCUT2D eigenvalue weighted by Gasteiger charge is -2.33. The number of benzene rings is 3. The van der Waals surface area contributed by atoms with E-state index in [2.05, 4.69) is 0 Å². The molecule has 41 heavy (non-hydrogen) atoms. The summed E-state index contributed by atoms with van der Waals surface area (Å²) in [5.74, 6) is -2.74. The van der Waals surface area contributed by atoms with Crippen molar-refractivity contribution in [3.63, 3.8) is 0 Å². The predicted molar refractivity (Wildman–Crippen MR) is 145 cm³/mol. The van der Waals surface area contributed by atoms with Crippen LogP contribution >= 0.6 is 0 Å². The van der Waals surface area contributed by atoms with Crippen LogP contribution in [0.25, 0.3) is 0 Å². The molecule has 0 aromatic heterocycles. The summed E-state index contributed by atoms with van der Waals surface area (Å²) in [6.07, 6.45) is -5.52. The summed E-state index contributed by atoms with van der Waals surface area (Å²) in [5.41, 5.74) is -4.40. The van der Waals surface area contributed by atoms with Gasteiger partial charge in [0.05, 0.1) is 25.3 Å². The molecule has 0 fully saturated rings. The maximum atomic E-state index is 15.2. The number of alkyl halides is 3. The van der Waals surface area contributed by atoms with Crippen molar-refractivity contribution in [3.8, 4) is 11.5 Å². The molecule has 0 aliphatic carbocycles. The number of allylic oxidation sites excluding steroid dienone is 1. The maximum Gasteiger partial charge on any atom is 0.425 e. The largest absolute Gasteiger partial charge is 0.497 e. The lowest BCUT2D eigenvalue weighted by Crippen LogP contribution is -2.66. The van der Waals surface area contributed by atoms with E-state index in [9.17, 15) is 14.4 Å². The van der Waals surface area contributed by atoms with Crippen LogP contribution < -0.4 is 14.8 Å². The number of Topliss-reactive ketones (excluding diaryl/α,β-unsaturated/α-hetero) is 1. The smallest absolute Gasteiger partial charge is 0.425 e. The number of methoxy groups -OCH3 is 1. The van der Waals surface area contributed by atoms with E-state index in [0.717, 1.165) is 4.90 Å². The van der Waals surface area contributed by atoms with Crippen molar-refractivity contribution in [2.75, 3.05) is 7.11 Å². The van der Waals surface area contributed by atoms with E-state index in [0.29, 0.717) is 17.1 Å². The standard InChI is InChI=1S/C31H29F3N2O5/c1-19(2)41-25-16-12-23(13-17-25)28(38)35-30(31(32,33)34)26(27(37)22-8-6-5-7-9-22)20(3)36(29(30)39)18-21-10-14-24(40-4)15-11-21/h5-17,19H,18H2,1-4H3,(H,35,38)/t30-/m0/s1. The highest BCUT2D eigenvalue weighted by molar-refractivity contribution is 6.19. The van der Waals surface area contributed by atoms with Gasteiger partial charge in [-0.05, 0) is 62.7 Å². The van der Waals surface area contributed by atoms with Crippen LogP contribution in [0.5, 0.6) is 11.5 Å². The number of carbonyl (C=O) groups excluding carboxylic acids is 3. The molecule has 3 aromatic rings. The van der Waals surface area contributed by atoms with Crippen LogP contribution in [0.4, 0.5) is 13.2 Å². The summed E-state index contributed by atoms with van der Waals surface area (Å²) in [4.78, 5) is 41.7. The molecule has 3 aromatic carbocycles. The Morgan fingerprint density at radius 1 is 0.902 bits per heavy atom. The van der Waals surface area contributed by atoms with Crippen LogP contribution in [0.3, 0.4) is 0 Å². The minimum absolute atomic E-state index is 0.0565. The molecule has 1 aliphatic heterocycles. The summed E-state index contributed by atoms with van der Waals surface area (Å²) in [6, 6.07) is 19.2. The molecule has 0 saturated carbocycles. The maximum absolute atomic E-state index is 15.2. The van der Waals surface area contributed by atoms with Crippen LogP contribution in [0.1, 0.15) is 47.1 Å². The van der Waals surface area contributed by atoms with Gasteiger partial charge in [0, 0.05) is 16.8 Å². The van der Waals surface area contributed by atoms with Crippen LogP contribution in [0.15, 0.2) is 90.1 Å². The molecule has 0 bridgehead atoms. The van der Waals surface area contributed by atoms with E-state index in [1.54, 1.807) is 44.2 Å². The van der Waals surface area contributed by atoms with Gasteiger partial charge in [0.15, 0.2) is 5.78 Å². The average Bonchev–Trinajstić information content (AvgIpc) is 3.15. The van der Waals surface area contributed by atoms with Crippen LogP contribution in [0.2, 0.25) is 0 Å². The number of rotatable bonds is 9. The molecule has 1 N–H and O–H groups in total. The zero-order chi connectivity index (χ0) is 29.9. The molecule has 7 nitrogen and oxygen atoms in total. The first-order valence-electron chi connectivity index (χ1n) is 12.8. The number of nitrogens with one attached hydrogen (secondary N) is 1. The van der Waals surface area contributed by atoms with Crippen molar-refractivity contribution >= 4 is 17.6 Å². The third kappa shape index (κ3) is 5.68. The van der Waals surface area contributed by atoms with Gasteiger partial charge < -0.3 is 19.7 Å². The Labute approximate surface area is 235 Å². The molecule has 0 spiro atoms. The fourth-order valence-electron chi connectivity index (χ4n) is 4.69. The highest BCUT2D eigenvalue weighted by Crippen LogP contribution is 2.46. The highest BCUT2D eigenvalue weighted by Gasteiger charge is 2.70. The SMILES string of the molecule is COc1ccc(CN2C(=O)[C@](NC(=O)c3ccc(OC(C)C)cc3)(C(F)(F)F)C(C(=O)c3ccccc3)=C2C)cc1. The van der Waals surface area contributed by atoms with Crippen molar-refractivity contribution < 1.29 is 37.0 Å². The summed E-state index contributed by atoms with van der Waals surface area (Å²) < 4.78 is 56.2. The summed E-state index contributed by atoms with van der Waals surface area (Å²) in [7, 11) is 1.47. The van der Waals surface area contributed by atoms with Crippen molar-refractivity contribution in [2.45, 2.75) is 45.1 Å². The third-order valence-electron chi connectivity index (χ3n) is 6.68. The molecule has 2 amide bonds. The zero-order valence-electron chi connectivity index (χ0n) is 22.9. The number of nitrogens with zero attached hydrogens (tertiary/aromatic N) is 1. The Balaban J connectivity index is 1.81. The van der Waals surface area contributed by atoms with Crippen LogP contribution in [-0.4, -0.2) is 47.4 Å². The second-order valence-corrected chi connectivity index (χ2v) is 9.79. The Kier molecular flexibility index (Phi) is 8.23. The first-order chi connectivity index (χ1) is 19.4. The van der Waals surface area contributed by atoms with Crippen LogP contribution in [0, 0.1) is 0 Å². The van der Waals surface area contributed by atoms with E-state index in [1.165, 1.54) is 62.6 Å². The summed E-state index contributed by atoms with van der Waals surface area (Å²) >= 11 is 0. The Bertz CT molecular complexity index is 1470. The lowest BCUT2D eigenvalue weighted by molar-refractivity contribution is -0.189. The fourth-order valence-corrected chi connectivity index (χ4v) is 4.69. The van der Waals surface area contributed by atoms with Gasteiger partial charge in [-0.3, -0.25) is 14.4 Å². The first-order valence-corrected chi connectivity index (χ1v) is 12.8. The van der Waals surface area contributed by atoms with E-state index in [-0.39, 0.29) is 29.5 Å². The average molecular weight is 567 g/mol. The van der Waals surface area contributed by atoms with Gasteiger partial charge >= 0.3 is 6.18 Å². The van der Waals surface area contributed by atoms with Crippen molar-refractivity contribution in [3.05, 3.63) is 107 Å². The quantitative estimate of drug-likeness (QED) is 0.336. The monoisotopic (exact) mass is 566 g/mol. The van der Waals surface area contributed by atoms with Crippen molar-refractivity contribution in [1.29, 1.82) is 0 Å². The molecule has 0 unspecified atom stereocenters. The number of ketones is 1. The van der Waals surface area contributed by atoms with Gasteiger partial charge in [0.2, 0.25) is 5.54 Å². The number of carbonyl (C=O) groups is 3. The number of amides is 2. The molecule has 1 heterocycles. The molecule has 1 atom stereocenters. The third-order valence-corrected chi connectivity index (χ3v) is 6.68. The number of ether oxygens (including phenoxy) is 2. The summed E-state index contributed by atoms with van der Waals surface area (Å²) in [6.45, 7) is 4.61. The van der Waals surface area contributed by atoms with Gasteiger partial charge in [0.25, 0.3) is 11.8 Å². The molecule has 10 heteroatoms. The minimum Gasteiger partial charge on any atom is -0.497 e. The highest BCUT2D eigenvalue weighted by atomic mass is 19.4. The Hall–Kier alpha value is -4.60. The molecule has 4 rings (SSSR count). The first kappa shape index (κ1) is 29.4. The summed E-state index contributed by atoms with van der Waals surface area (Å²) in [5, 5.41) is 1.93. The van der Waals surface area contributed by atoms with Gasteiger partial charge in [-0.25, -0.2) is 0 Å². The predicted octanol–water partition coefficient (Wildman–Crippen LogP) is 5.71. The molecular formula is C31H29F3N2O5. The van der Waals surface area contributed by atoms with Crippen LogP contribution in [-0.2, 0) is 11.3 Å². The Morgan fingerprint density at radius 2 is 1.49 bits per heavy atom. The van der Waals surface area contributed by atoms with E-state index in [1.807, 2.05) is 5.32 Å². The molecule has 1 aliphatic rings. The molecular weight excluding hydrogens is 537 g/mol. The fraction of sp³-hybridized carbons (Fsp3) is 0.258. The second kappa shape index (κ2) is 11.5. The van der Waals surface area contributed by atoms with E-state index < -0.39 is 34.9 Å². The van der Waals surface area contributed by atoms with Gasteiger partial charge in [-0.2, -0.15) is 13.2 Å². The van der Waals surface area contributed by atoms with Gasteiger partial charge in [0.1, 0.15) is 11.5 Å². The number of halogens is 3. The van der Waals surface area contributed by atoms with E-state index >= 15 is 13.2 Å². The lowest BCUT2D eigenvalue weighted by atomic mass is 9.84. The number of hydrogen-bond acceptors (Lipinski definition) is 5. The topological polar surface area (TPSA) is 84.9 Å². The van der Waals surface area contributed by atoms with E-state index in [4.69, 9.17) is 9.47 Å². The molecule has 0 saturated heterocycles. The van der Waals surface area contributed by atoms with Crippen molar-refractivity contribution in [1.82, 2.24) is 10.2 Å². The minimum atomic E-state index is -5.36. The van der Waals surface area contributed by atoms with Gasteiger partial charge in [-0.15, -0.1) is 0 Å². The Morgan fingerprint density at radius 3 is 2.02 bits per heavy atom. The zero-order valence-corrected chi connectivity index (χ0v) is 22.9. The normalized spacial score (nSPS) is 17.2.